The van der Waals surface area contributed by atoms with Crippen LogP contribution in [0.5, 0.6) is 0 Å². The van der Waals surface area contributed by atoms with E-state index in [-0.39, 0.29) is 5.91 Å². The largest absolute Gasteiger partial charge is 0.439 e. The van der Waals surface area contributed by atoms with Gasteiger partial charge in [0, 0.05) is 18.2 Å². The Balaban J connectivity index is 2.43. The average Bonchev–Trinajstić information content (AvgIpc) is 2.75. The lowest BCUT2D eigenvalue weighted by Gasteiger charge is -2.00. The van der Waals surface area contributed by atoms with Crippen LogP contribution in [-0.2, 0) is 0 Å². The van der Waals surface area contributed by atoms with E-state index in [1.165, 1.54) is 0 Å². The molecule has 82 valence electrons. The summed E-state index contributed by atoms with van der Waals surface area (Å²) in [5.41, 5.74) is 1.11. The molecule has 0 aliphatic rings. The van der Waals surface area contributed by atoms with E-state index in [9.17, 15) is 9.59 Å². The standard InChI is InChI=1S/C10H9N3O3/c1-11-9(14)7-4-2-3-6(5-7)8-12-10(15)16-13-8/h2-5H,1H3,(H,11,14)(H,12,13,15). The zero-order chi connectivity index (χ0) is 11.5. The number of aromatic nitrogens is 2. The van der Waals surface area contributed by atoms with Gasteiger partial charge in [-0.15, -0.1) is 0 Å². The molecule has 2 rings (SSSR count). The van der Waals surface area contributed by atoms with Crippen LogP contribution >= 0.6 is 0 Å². The third-order valence-corrected chi connectivity index (χ3v) is 2.07. The Morgan fingerprint density at radius 3 is 2.94 bits per heavy atom. The third-order valence-electron chi connectivity index (χ3n) is 2.07. The van der Waals surface area contributed by atoms with Crippen molar-refractivity contribution in [1.82, 2.24) is 15.5 Å². The van der Waals surface area contributed by atoms with Crippen LogP contribution in [0.2, 0.25) is 0 Å². The molecule has 16 heavy (non-hydrogen) atoms. The van der Waals surface area contributed by atoms with Crippen LogP contribution < -0.4 is 11.1 Å². The van der Waals surface area contributed by atoms with Crippen LogP contribution in [0.25, 0.3) is 11.4 Å². The van der Waals surface area contributed by atoms with Crippen molar-refractivity contribution in [1.29, 1.82) is 0 Å². The summed E-state index contributed by atoms with van der Waals surface area (Å²) in [5, 5.41) is 6.05. The lowest BCUT2D eigenvalue weighted by atomic mass is 10.1. The predicted octanol–water partition coefficient (Wildman–Crippen LogP) is 0.389. The summed E-state index contributed by atoms with van der Waals surface area (Å²) < 4.78 is 4.38. The molecule has 1 amide bonds. The van der Waals surface area contributed by atoms with E-state index in [1.807, 2.05) is 0 Å². The highest BCUT2D eigenvalue weighted by molar-refractivity contribution is 5.94. The minimum absolute atomic E-state index is 0.201. The molecule has 1 aromatic heterocycles. The minimum atomic E-state index is -0.625. The van der Waals surface area contributed by atoms with Crippen LogP contribution in [-0.4, -0.2) is 23.1 Å². The summed E-state index contributed by atoms with van der Waals surface area (Å²) in [7, 11) is 1.55. The van der Waals surface area contributed by atoms with Gasteiger partial charge in [0.05, 0.1) is 0 Å². The maximum atomic E-state index is 11.4. The molecule has 0 bridgehead atoms. The number of H-pyrrole nitrogens is 1. The number of nitrogens with zero attached hydrogens (tertiary/aromatic N) is 1. The van der Waals surface area contributed by atoms with E-state index in [0.29, 0.717) is 17.0 Å². The number of benzene rings is 1. The lowest BCUT2D eigenvalue weighted by Crippen LogP contribution is -2.17. The van der Waals surface area contributed by atoms with Crippen molar-refractivity contribution in [2.24, 2.45) is 0 Å². The van der Waals surface area contributed by atoms with Crippen molar-refractivity contribution < 1.29 is 9.32 Å². The van der Waals surface area contributed by atoms with Crippen molar-refractivity contribution in [2.45, 2.75) is 0 Å². The van der Waals surface area contributed by atoms with Crippen LogP contribution in [0.15, 0.2) is 33.6 Å². The molecule has 0 aliphatic heterocycles. The highest BCUT2D eigenvalue weighted by Crippen LogP contribution is 2.14. The second-order valence-electron chi connectivity index (χ2n) is 3.10. The van der Waals surface area contributed by atoms with Gasteiger partial charge in [-0.25, -0.2) is 4.79 Å². The highest BCUT2D eigenvalue weighted by atomic mass is 16.5. The minimum Gasteiger partial charge on any atom is -0.355 e. The molecule has 6 nitrogen and oxygen atoms in total. The number of nitrogens with one attached hydrogen (secondary N) is 2. The first-order valence-corrected chi connectivity index (χ1v) is 4.59. The molecule has 2 aromatic rings. The van der Waals surface area contributed by atoms with Crippen molar-refractivity contribution in [2.75, 3.05) is 7.05 Å². The summed E-state index contributed by atoms with van der Waals surface area (Å²) in [4.78, 5) is 24.6. The Morgan fingerprint density at radius 2 is 2.31 bits per heavy atom. The molecule has 0 atom stereocenters. The summed E-state index contributed by atoms with van der Waals surface area (Å²) >= 11 is 0. The third kappa shape index (κ3) is 1.85. The molecule has 0 fully saturated rings. The van der Waals surface area contributed by atoms with Crippen molar-refractivity contribution >= 4 is 5.91 Å². The smallest absolute Gasteiger partial charge is 0.355 e. The van der Waals surface area contributed by atoms with Gasteiger partial charge in [0.1, 0.15) is 0 Å². The topological polar surface area (TPSA) is 88.0 Å². The van der Waals surface area contributed by atoms with Crippen LogP contribution in [0.1, 0.15) is 10.4 Å². The monoisotopic (exact) mass is 219 g/mol. The SMILES string of the molecule is CNC(=O)c1cccc(-c2noc(=O)[nH]2)c1. The zero-order valence-corrected chi connectivity index (χ0v) is 8.48. The van der Waals surface area contributed by atoms with Gasteiger partial charge in [0.25, 0.3) is 5.91 Å². The Hall–Kier alpha value is -2.37. The molecule has 6 heteroatoms. The Morgan fingerprint density at radius 1 is 1.50 bits per heavy atom. The Kier molecular flexibility index (Phi) is 2.55. The molecule has 0 saturated heterocycles. The first-order chi connectivity index (χ1) is 7.70. The normalized spacial score (nSPS) is 10.1. The van der Waals surface area contributed by atoms with Crippen molar-refractivity contribution in [3.63, 3.8) is 0 Å². The molecule has 2 N–H and O–H groups in total. The lowest BCUT2D eigenvalue weighted by molar-refractivity contribution is 0.0963. The fourth-order valence-electron chi connectivity index (χ4n) is 1.31. The van der Waals surface area contributed by atoms with E-state index >= 15 is 0 Å². The second kappa shape index (κ2) is 4.01. The fraction of sp³-hybridized carbons (Fsp3) is 0.100. The van der Waals surface area contributed by atoms with E-state index in [0.717, 1.165) is 0 Å². The van der Waals surface area contributed by atoms with E-state index in [1.54, 1.807) is 31.3 Å². The summed E-state index contributed by atoms with van der Waals surface area (Å²) in [6, 6.07) is 6.71. The number of rotatable bonds is 2. The molecule has 0 saturated carbocycles. The van der Waals surface area contributed by atoms with Gasteiger partial charge in [0.2, 0.25) is 0 Å². The number of hydrogen-bond acceptors (Lipinski definition) is 4. The maximum absolute atomic E-state index is 11.4. The molecule has 0 radical (unpaired) electrons. The Labute approximate surface area is 90.3 Å². The molecular formula is C10H9N3O3. The van der Waals surface area contributed by atoms with E-state index in [4.69, 9.17) is 0 Å². The van der Waals surface area contributed by atoms with Gasteiger partial charge >= 0.3 is 5.76 Å². The number of carbonyl (C=O) groups excluding carboxylic acids is 1. The van der Waals surface area contributed by atoms with Crippen molar-refractivity contribution in [3.8, 4) is 11.4 Å². The van der Waals surface area contributed by atoms with Crippen LogP contribution in [0, 0.1) is 0 Å². The molecule has 1 heterocycles. The maximum Gasteiger partial charge on any atom is 0.439 e. The molecular weight excluding hydrogens is 210 g/mol. The van der Waals surface area contributed by atoms with Gasteiger partial charge in [-0.2, -0.15) is 0 Å². The fourth-order valence-corrected chi connectivity index (χ4v) is 1.31. The van der Waals surface area contributed by atoms with E-state index < -0.39 is 5.76 Å². The second-order valence-corrected chi connectivity index (χ2v) is 3.10. The van der Waals surface area contributed by atoms with Gasteiger partial charge in [0.15, 0.2) is 5.82 Å². The van der Waals surface area contributed by atoms with Gasteiger partial charge < -0.3 is 5.32 Å². The summed E-state index contributed by atoms with van der Waals surface area (Å²) in [6.45, 7) is 0. The van der Waals surface area contributed by atoms with E-state index in [2.05, 4.69) is 20.0 Å². The number of carbonyl (C=O) groups is 1. The molecule has 0 unspecified atom stereocenters. The molecule has 0 spiro atoms. The van der Waals surface area contributed by atoms with Crippen molar-refractivity contribution in [3.05, 3.63) is 40.4 Å². The number of amides is 1. The first-order valence-electron chi connectivity index (χ1n) is 4.59. The molecule has 0 aliphatic carbocycles. The Bertz CT molecular complexity index is 570. The average molecular weight is 219 g/mol. The molecule has 1 aromatic carbocycles. The first kappa shape index (κ1) is 10.2. The predicted molar refractivity (Wildman–Crippen MR) is 55.9 cm³/mol. The summed E-state index contributed by atoms with van der Waals surface area (Å²) in [6.07, 6.45) is 0. The number of hydrogen-bond donors (Lipinski definition) is 2. The van der Waals surface area contributed by atoms with Crippen LogP contribution in [0.3, 0.4) is 0 Å². The quantitative estimate of drug-likeness (QED) is 0.764. The zero-order valence-electron chi connectivity index (χ0n) is 8.48. The number of aromatic amines is 1. The van der Waals surface area contributed by atoms with Crippen LogP contribution in [0.4, 0.5) is 0 Å². The summed E-state index contributed by atoms with van der Waals surface area (Å²) in [5.74, 6) is -0.524. The van der Waals surface area contributed by atoms with Gasteiger partial charge in [-0.1, -0.05) is 17.3 Å². The van der Waals surface area contributed by atoms with Gasteiger partial charge in [-0.05, 0) is 12.1 Å². The highest BCUT2D eigenvalue weighted by Gasteiger charge is 2.07. The van der Waals surface area contributed by atoms with Gasteiger partial charge in [-0.3, -0.25) is 14.3 Å².